The summed E-state index contributed by atoms with van der Waals surface area (Å²) in [4.78, 5) is 26.0. The van der Waals surface area contributed by atoms with Gasteiger partial charge in [0.05, 0.1) is 18.8 Å². The van der Waals surface area contributed by atoms with Gasteiger partial charge in [0.1, 0.15) is 6.61 Å². The Balaban J connectivity index is 2.04. The Morgan fingerprint density at radius 3 is 2.16 bits per heavy atom. The fraction of sp³-hybridized carbons (Fsp3) is 0.200. The number of carbonyl (C=O) groups is 2. The molecule has 31 heavy (non-hydrogen) atoms. The maximum absolute atomic E-state index is 13.2. The first-order chi connectivity index (χ1) is 14.9. The van der Waals surface area contributed by atoms with Crippen LogP contribution in [-0.4, -0.2) is 25.0 Å². The van der Waals surface area contributed by atoms with Gasteiger partial charge in [-0.1, -0.05) is 30.3 Å². The van der Waals surface area contributed by atoms with E-state index in [1.54, 1.807) is 38.1 Å². The number of anilines is 1. The third-order valence-corrected chi connectivity index (χ3v) is 4.52. The number of hydrogen-bond donors (Lipinski definition) is 1. The molecule has 0 aliphatic heterocycles. The topological polar surface area (TPSA) is 87.9 Å². The second-order valence-corrected chi connectivity index (χ2v) is 7.23. The van der Waals surface area contributed by atoms with E-state index in [4.69, 9.17) is 19.9 Å². The molecule has 0 spiro atoms. The van der Waals surface area contributed by atoms with Gasteiger partial charge in [0, 0.05) is 16.8 Å². The van der Waals surface area contributed by atoms with Crippen molar-refractivity contribution in [2.24, 2.45) is 0 Å². The molecule has 160 valence electrons. The summed E-state index contributed by atoms with van der Waals surface area (Å²) in [5.41, 5.74) is 7.90. The van der Waals surface area contributed by atoms with E-state index in [1.165, 1.54) is 19.2 Å². The number of benzene rings is 3. The third kappa shape index (κ3) is 5.42. The number of methoxy groups -OCH3 is 1. The second-order valence-electron chi connectivity index (χ2n) is 7.23. The van der Waals surface area contributed by atoms with Gasteiger partial charge in [-0.3, -0.25) is 4.79 Å². The van der Waals surface area contributed by atoms with Crippen molar-refractivity contribution in [3.05, 3.63) is 89.0 Å². The fourth-order valence-electron chi connectivity index (χ4n) is 2.99. The van der Waals surface area contributed by atoms with Crippen LogP contribution in [0.3, 0.4) is 0 Å². The quantitative estimate of drug-likeness (QED) is 0.325. The van der Waals surface area contributed by atoms with Gasteiger partial charge < -0.3 is 19.9 Å². The molecule has 0 aliphatic carbocycles. The summed E-state index contributed by atoms with van der Waals surface area (Å²) in [5, 5.41) is 0. The zero-order valence-corrected chi connectivity index (χ0v) is 17.8. The number of rotatable bonds is 8. The summed E-state index contributed by atoms with van der Waals surface area (Å²) in [5.74, 6) is -0.267. The lowest BCUT2D eigenvalue weighted by atomic mass is 9.97. The van der Waals surface area contributed by atoms with Gasteiger partial charge in [-0.05, 0) is 55.8 Å². The Hall–Kier alpha value is -3.80. The number of ketones is 1. The summed E-state index contributed by atoms with van der Waals surface area (Å²) in [7, 11) is 1.48. The van der Waals surface area contributed by atoms with Crippen molar-refractivity contribution in [2.75, 3.05) is 12.8 Å². The normalized spacial score (nSPS) is 10.6. The Bertz CT molecular complexity index is 1060. The molecule has 6 heteroatoms. The number of hydrogen-bond acceptors (Lipinski definition) is 6. The lowest BCUT2D eigenvalue weighted by Gasteiger charge is -2.16. The van der Waals surface area contributed by atoms with Crippen molar-refractivity contribution in [1.82, 2.24) is 0 Å². The van der Waals surface area contributed by atoms with Crippen molar-refractivity contribution in [3.63, 3.8) is 0 Å². The van der Waals surface area contributed by atoms with Gasteiger partial charge >= 0.3 is 5.97 Å². The first kappa shape index (κ1) is 21.9. The Morgan fingerprint density at radius 1 is 0.903 bits per heavy atom. The highest BCUT2D eigenvalue weighted by Crippen LogP contribution is 2.33. The smallest absolute Gasteiger partial charge is 0.339 e. The van der Waals surface area contributed by atoms with Crippen LogP contribution >= 0.6 is 0 Å². The molecule has 3 aromatic rings. The standard InChI is InChI=1S/C25H25NO5/c1-16(2)31-25(28)21-14-22(29-3)23(30-15-17-7-5-4-6-8-17)13-20(21)24(27)18-9-11-19(26)12-10-18/h4-14,16H,15,26H2,1-3H3. The van der Waals surface area contributed by atoms with Gasteiger partial charge in [-0.2, -0.15) is 0 Å². The predicted octanol–water partition coefficient (Wildman–Crippen LogP) is 4.65. The van der Waals surface area contributed by atoms with Crippen LogP contribution in [-0.2, 0) is 11.3 Å². The van der Waals surface area contributed by atoms with Crippen LogP contribution in [0.1, 0.15) is 45.7 Å². The van der Waals surface area contributed by atoms with Gasteiger partial charge in [0.25, 0.3) is 0 Å². The average molecular weight is 419 g/mol. The zero-order chi connectivity index (χ0) is 22.4. The monoisotopic (exact) mass is 419 g/mol. The Morgan fingerprint density at radius 2 is 1.55 bits per heavy atom. The highest BCUT2D eigenvalue weighted by molar-refractivity contribution is 6.15. The van der Waals surface area contributed by atoms with E-state index in [0.29, 0.717) is 22.7 Å². The molecule has 0 aliphatic rings. The molecule has 0 saturated carbocycles. The minimum atomic E-state index is -0.610. The van der Waals surface area contributed by atoms with Crippen LogP contribution in [0, 0.1) is 0 Å². The number of carbonyl (C=O) groups excluding carboxylic acids is 2. The molecule has 0 amide bonds. The zero-order valence-electron chi connectivity index (χ0n) is 17.8. The third-order valence-electron chi connectivity index (χ3n) is 4.52. The summed E-state index contributed by atoms with van der Waals surface area (Å²) in [6, 6.07) is 19.1. The minimum absolute atomic E-state index is 0.111. The SMILES string of the molecule is COc1cc(C(=O)OC(C)C)c(C(=O)c2ccc(N)cc2)cc1OCc1ccccc1. The molecule has 0 atom stereocenters. The molecular weight excluding hydrogens is 394 g/mol. The van der Waals surface area contributed by atoms with Crippen LogP contribution in [0.4, 0.5) is 5.69 Å². The maximum Gasteiger partial charge on any atom is 0.339 e. The first-order valence-electron chi connectivity index (χ1n) is 9.89. The van der Waals surface area contributed by atoms with E-state index in [1.807, 2.05) is 30.3 Å². The van der Waals surface area contributed by atoms with Gasteiger partial charge in [-0.25, -0.2) is 4.79 Å². The van der Waals surface area contributed by atoms with E-state index < -0.39 is 5.97 Å². The molecule has 0 bridgehead atoms. The molecule has 0 unspecified atom stereocenters. The molecule has 0 saturated heterocycles. The van der Waals surface area contributed by atoms with Gasteiger partial charge in [0.15, 0.2) is 17.3 Å². The van der Waals surface area contributed by atoms with Crippen LogP contribution < -0.4 is 15.2 Å². The number of ether oxygens (including phenoxy) is 3. The fourth-order valence-corrected chi connectivity index (χ4v) is 2.99. The molecule has 0 radical (unpaired) electrons. The van der Waals surface area contributed by atoms with Crippen LogP contribution in [0.2, 0.25) is 0 Å². The predicted molar refractivity (Wildman–Crippen MR) is 119 cm³/mol. The number of nitrogen functional groups attached to an aromatic ring is 1. The van der Waals surface area contributed by atoms with E-state index in [9.17, 15) is 9.59 Å². The van der Waals surface area contributed by atoms with Crippen molar-refractivity contribution in [1.29, 1.82) is 0 Å². The Labute approximate surface area is 181 Å². The van der Waals surface area contributed by atoms with Crippen molar-refractivity contribution in [3.8, 4) is 11.5 Å². The molecular formula is C25H25NO5. The van der Waals surface area contributed by atoms with Gasteiger partial charge in [-0.15, -0.1) is 0 Å². The lowest BCUT2D eigenvalue weighted by Crippen LogP contribution is -2.17. The summed E-state index contributed by atoms with van der Waals surface area (Å²) < 4.78 is 16.7. The van der Waals surface area contributed by atoms with E-state index in [-0.39, 0.29) is 29.6 Å². The van der Waals surface area contributed by atoms with Crippen LogP contribution in [0.5, 0.6) is 11.5 Å². The molecule has 6 nitrogen and oxygen atoms in total. The minimum Gasteiger partial charge on any atom is -0.493 e. The van der Waals surface area contributed by atoms with Crippen molar-refractivity contribution >= 4 is 17.4 Å². The Kier molecular flexibility index (Phi) is 6.92. The summed E-state index contributed by atoms with van der Waals surface area (Å²) >= 11 is 0. The lowest BCUT2D eigenvalue weighted by molar-refractivity contribution is 0.0375. The number of nitrogens with two attached hydrogens (primary N) is 1. The molecule has 3 aromatic carbocycles. The van der Waals surface area contributed by atoms with Crippen LogP contribution in [0.15, 0.2) is 66.7 Å². The molecule has 2 N–H and O–H groups in total. The van der Waals surface area contributed by atoms with Crippen LogP contribution in [0.25, 0.3) is 0 Å². The summed E-state index contributed by atoms with van der Waals surface area (Å²) in [6.07, 6.45) is -0.341. The molecule has 0 aromatic heterocycles. The average Bonchev–Trinajstić information content (AvgIpc) is 2.77. The van der Waals surface area contributed by atoms with Crippen molar-refractivity contribution in [2.45, 2.75) is 26.6 Å². The maximum atomic E-state index is 13.2. The van der Waals surface area contributed by atoms with E-state index >= 15 is 0 Å². The van der Waals surface area contributed by atoms with Gasteiger partial charge in [0.2, 0.25) is 0 Å². The number of esters is 1. The molecule has 0 heterocycles. The summed E-state index contributed by atoms with van der Waals surface area (Å²) in [6.45, 7) is 3.77. The highest BCUT2D eigenvalue weighted by atomic mass is 16.5. The van der Waals surface area contributed by atoms with E-state index in [0.717, 1.165) is 5.56 Å². The van der Waals surface area contributed by atoms with Crippen molar-refractivity contribution < 1.29 is 23.8 Å². The molecule has 3 rings (SSSR count). The highest BCUT2D eigenvalue weighted by Gasteiger charge is 2.24. The second kappa shape index (κ2) is 9.80. The first-order valence-corrected chi connectivity index (χ1v) is 9.89. The van der Waals surface area contributed by atoms with E-state index in [2.05, 4.69) is 0 Å². The largest absolute Gasteiger partial charge is 0.493 e. The molecule has 0 fully saturated rings.